The fourth-order valence-electron chi connectivity index (χ4n) is 1.88. The van der Waals surface area contributed by atoms with Crippen molar-refractivity contribution in [3.63, 3.8) is 0 Å². The Morgan fingerprint density at radius 1 is 1.20 bits per heavy atom. The van der Waals surface area contributed by atoms with Crippen molar-refractivity contribution in [3.05, 3.63) is 64.5 Å². The summed E-state index contributed by atoms with van der Waals surface area (Å²) in [6.45, 7) is 4.35. The molecule has 104 valence electrons. The summed E-state index contributed by atoms with van der Waals surface area (Å²) in [7, 11) is 0. The first-order valence-electron chi connectivity index (χ1n) is 6.25. The topological polar surface area (TPSA) is 35.2 Å². The zero-order chi connectivity index (χ0) is 14.7. The van der Waals surface area contributed by atoms with E-state index in [4.69, 9.17) is 22.7 Å². The second-order valence-electron chi connectivity index (χ2n) is 4.73. The van der Waals surface area contributed by atoms with Crippen LogP contribution in [0.25, 0.3) is 0 Å². The lowest BCUT2D eigenvalue weighted by molar-refractivity contribution is 0.289. The number of nitrogens with two attached hydrogens (primary N) is 1. The third-order valence-corrected chi connectivity index (χ3v) is 3.34. The largest absolute Gasteiger partial charge is 0.486 e. The van der Waals surface area contributed by atoms with E-state index < -0.39 is 5.82 Å². The molecular weight excluding hydrogens is 273 g/mol. The summed E-state index contributed by atoms with van der Waals surface area (Å²) < 4.78 is 19.4. The highest BCUT2D eigenvalue weighted by Gasteiger charge is 2.07. The van der Waals surface area contributed by atoms with Crippen molar-refractivity contribution in [2.45, 2.75) is 20.5 Å². The Bertz CT molecular complexity index is 655. The molecule has 2 aromatic rings. The van der Waals surface area contributed by atoms with Gasteiger partial charge in [-0.15, -0.1) is 0 Å². The normalized spacial score (nSPS) is 10.3. The van der Waals surface area contributed by atoms with E-state index in [0.717, 1.165) is 16.7 Å². The standard InChI is InChI=1S/C16H16FNOS/c1-10-3-4-11(2)13(7-10)9-19-15-6-5-12(16(18)20)8-14(15)17/h3-8H,9H2,1-2H3,(H2,18,20). The smallest absolute Gasteiger partial charge is 0.165 e. The minimum atomic E-state index is -0.458. The van der Waals surface area contributed by atoms with Crippen LogP contribution < -0.4 is 10.5 Å². The Morgan fingerprint density at radius 2 is 1.95 bits per heavy atom. The van der Waals surface area contributed by atoms with E-state index in [1.54, 1.807) is 12.1 Å². The van der Waals surface area contributed by atoms with Crippen LogP contribution in [0.4, 0.5) is 4.39 Å². The Labute approximate surface area is 123 Å². The molecule has 0 saturated carbocycles. The summed E-state index contributed by atoms with van der Waals surface area (Å²) >= 11 is 4.81. The van der Waals surface area contributed by atoms with Gasteiger partial charge in [-0.3, -0.25) is 0 Å². The van der Waals surface area contributed by atoms with Crippen LogP contribution in [0.15, 0.2) is 36.4 Å². The molecule has 0 bridgehead atoms. The number of hydrogen-bond donors (Lipinski definition) is 1. The molecule has 0 aliphatic heterocycles. The molecule has 0 fully saturated rings. The fourth-order valence-corrected chi connectivity index (χ4v) is 2.01. The Kier molecular flexibility index (Phi) is 4.35. The van der Waals surface area contributed by atoms with Gasteiger partial charge in [-0.2, -0.15) is 0 Å². The SMILES string of the molecule is Cc1ccc(C)c(COc2ccc(C(N)=S)cc2F)c1. The number of ether oxygens (including phenoxy) is 1. The van der Waals surface area contributed by atoms with Crippen molar-refractivity contribution in [2.75, 3.05) is 0 Å². The zero-order valence-corrected chi connectivity index (χ0v) is 12.3. The van der Waals surface area contributed by atoms with E-state index in [1.807, 2.05) is 32.0 Å². The van der Waals surface area contributed by atoms with Gasteiger partial charge in [0.15, 0.2) is 11.6 Å². The molecule has 0 amide bonds. The molecule has 0 aromatic heterocycles. The van der Waals surface area contributed by atoms with Crippen molar-refractivity contribution in [1.82, 2.24) is 0 Å². The number of rotatable bonds is 4. The van der Waals surface area contributed by atoms with Gasteiger partial charge >= 0.3 is 0 Å². The van der Waals surface area contributed by atoms with Gasteiger partial charge < -0.3 is 10.5 Å². The van der Waals surface area contributed by atoms with Crippen LogP contribution in [0.2, 0.25) is 0 Å². The zero-order valence-electron chi connectivity index (χ0n) is 11.4. The molecule has 4 heteroatoms. The number of benzene rings is 2. The van der Waals surface area contributed by atoms with Gasteiger partial charge in [-0.1, -0.05) is 36.0 Å². The van der Waals surface area contributed by atoms with Crippen LogP contribution in [0.1, 0.15) is 22.3 Å². The van der Waals surface area contributed by atoms with E-state index in [-0.39, 0.29) is 10.7 Å². The lowest BCUT2D eigenvalue weighted by Gasteiger charge is -2.11. The predicted molar refractivity (Wildman–Crippen MR) is 82.5 cm³/mol. The Morgan fingerprint density at radius 3 is 2.60 bits per heavy atom. The molecule has 0 spiro atoms. The van der Waals surface area contributed by atoms with E-state index in [9.17, 15) is 4.39 Å². The van der Waals surface area contributed by atoms with Gasteiger partial charge in [0.25, 0.3) is 0 Å². The van der Waals surface area contributed by atoms with Crippen molar-refractivity contribution >= 4 is 17.2 Å². The average molecular weight is 289 g/mol. The minimum absolute atomic E-state index is 0.171. The van der Waals surface area contributed by atoms with Crippen molar-refractivity contribution in [1.29, 1.82) is 0 Å². The summed E-state index contributed by atoms with van der Waals surface area (Å²) in [4.78, 5) is 0.171. The van der Waals surface area contributed by atoms with Crippen LogP contribution in [-0.4, -0.2) is 4.99 Å². The number of hydrogen-bond acceptors (Lipinski definition) is 2. The second kappa shape index (κ2) is 6.01. The van der Waals surface area contributed by atoms with Gasteiger partial charge in [0.1, 0.15) is 11.6 Å². The number of aryl methyl sites for hydroxylation is 2. The first kappa shape index (κ1) is 14.5. The number of halogens is 1. The monoisotopic (exact) mass is 289 g/mol. The molecule has 0 aliphatic carbocycles. The highest BCUT2D eigenvalue weighted by atomic mass is 32.1. The highest BCUT2D eigenvalue weighted by Crippen LogP contribution is 2.21. The number of thiocarbonyl (C=S) groups is 1. The van der Waals surface area contributed by atoms with E-state index in [0.29, 0.717) is 12.2 Å². The molecule has 20 heavy (non-hydrogen) atoms. The Hall–Kier alpha value is -1.94. The molecule has 0 atom stereocenters. The van der Waals surface area contributed by atoms with Gasteiger partial charge in [-0.25, -0.2) is 4.39 Å². The van der Waals surface area contributed by atoms with Crippen LogP contribution in [0.5, 0.6) is 5.75 Å². The molecule has 0 saturated heterocycles. The second-order valence-corrected chi connectivity index (χ2v) is 5.17. The molecule has 0 heterocycles. The maximum atomic E-state index is 13.9. The maximum absolute atomic E-state index is 13.9. The molecule has 2 nitrogen and oxygen atoms in total. The molecule has 0 radical (unpaired) electrons. The Balaban J connectivity index is 2.15. The van der Waals surface area contributed by atoms with Crippen molar-refractivity contribution in [3.8, 4) is 5.75 Å². The summed E-state index contributed by atoms with van der Waals surface area (Å²) in [6.07, 6.45) is 0. The van der Waals surface area contributed by atoms with Crippen LogP contribution in [0, 0.1) is 19.7 Å². The third-order valence-electron chi connectivity index (χ3n) is 3.10. The first-order valence-corrected chi connectivity index (χ1v) is 6.66. The summed E-state index contributed by atoms with van der Waals surface area (Å²) in [6, 6.07) is 10.6. The summed E-state index contributed by atoms with van der Waals surface area (Å²) in [5, 5.41) is 0. The molecule has 2 N–H and O–H groups in total. The first-order chi connectivity index (χ1) is 9.47. The highest BCUT2D eigenvalue weighted by molar-refractivity contribution is 7.80. The molecule has 0 aliphatic rings. The van der Waals surface area contributed by atoms with E-state index in [2.05, 4.69) is 0 Å². The minimum Gasteiger partial charge on any atom is -0.486 e. The van der Waals surface area contributed by atoms with Crippen molar-refractivity contribution < 1.29 is 9.13 Å². The van der Waals surface area contributed by atoms with Gasteiger partial charge in [0.2, 0.25) is 0 Å². The summed E-state index contributed by atoms with van der Waals surface area (Å²) in [5.74, 6) is -0.258. The average Bonchev–Trinajstić information content (AvgIpc) is 2.40. The van der Waals surface area contributed by atoms with Gasteiger partial charge in [0.05, 0.1) is 0 Å². The third kappa shape index (κ3) is 3.33. The van der Waals surface area contributed by atoms with Gasteiger partial charge in [-0.05, 0) is 43.2 Å². The lowest BCUT2D eigenvalue weighted by Crippen LogP contribution is -2.10. The quantitative estimate of drug-likeness (QED) is 0.873. The predicted octanol–water partition coefficient (Wildman–Crippen LogP) is 3.66. The van der Waals surface area contributed by atoms with E-state index >= 15 is 0 Å². The van der Waals surface area contributed by atoms with Crippen LogP contribution in [0.3, 0.4) is 0 Å². The molecule has 2 rings (SSSR count). The molecule has 0 unspecified atom stereocenters. The molecule has 2 aromatic carbocycles. The van der Waals surface area contributed by atoms with Crippen LogP contribution >= 0.6 is 12.2 Å². The lowest BCUT2D eigenvalue weighted by atomic mass is 10.1. The van der Waals surface area contributed by atoms with Crippen molar-refractivity contribution in [2.24, 2.45) is 5.73 Å². The van der Waals surface area contributed by atoms with Gasteiger partial charge in [0, 0.05) is 5.56 Å². The maximum Gasteiger partial charge on any atom is 0.165 e. The van der Waals surface area contributed by atoms with E-state index in [1.165, 1.54) is 6.07 Å². The van der Waals surface area contributed by atoms with Crippen LogP contribution in [-0.2, 0) is 6.61 Å². The molecular formula is C16H16FNOS. The summed E-state index contributed by atoms with van der Waals surface area (Å²) in [5.41, 5.74) is 9.27. The fraction of sp³-hybridized carbons (Fsp3) is 0.188.